The number of nitrogens with zero attached hydrogens (tertiary/aromatic N) is 7. The maximum atomic E-state index is 13.8. The normalized spacial score (nSPS) is 21.9. The average molecular weight is 634 g/mol. The second kappa shape index (κ2) is 13.2. The lowest BCUT2D eigenvalue weighted by Gasteiger charge is -2.41. The summed E-state index contributed by atoms with van der Waals surface area (Å²) in [5, 5.41) is 2.78. The maximum Gasteiger partial charge on any atom is 0.318 e. The van der Waals surface area contributed by atoms with E-state index in [0.717, 1.165) is 53.0 Å². The fourth-order valence-corrected chi connectivity index (χ4v) is 7.04. The van der Waals surface area contributed by atoms with Crippen LogP contribution < -0.4 is 14.5 Å². The lowest BCUT2D eigenvalue weighted by Crippen LogP contribution is -2.57. The third-order valence-corrected chi connectivity index (χ3v) is 9.48. The summed E-state index contributed by atoms with van der Waals surface area (Å²) in [7, 11) is 3.79. The SMILES string of the molecule is [C-]#[N+]C[C@H]1CN(c2nc(OC[C@@H]3C[C@@H](OC)CN3C)nc3c2CCN(c2cccc4cccc(Cl)c24)C3)CCN1C(=O)C(=C)F. The Bertz CT molecular complexity index is 1640. The summed E-state index contributed by atoms with van der Waals surface area (Å²) in [5.41, 5.74) is 2.91. The number of aromatic nitrogens is 2. The van der Waals surface area contributed by atoms with Crippen molar-refractivity contribution < 1.29 is 18.7 Å². The van der Waals surface area contributed by atoms with Crippen LogP contribution in [-0.2, 0) is 22.5 Å². The number of fused-ring (bicyclic) bond motifs is 2. The van der Waals surface area contributed by atoms with Gasteiger partial charge in [0.15, 0.2) is 5.83 Å². The van der Waals surface area contributed by atoms with Crippen molar-refractivity contribution in [1.29, 1.82) is 0 Å². The van der Waals surface area contributed by atoms with Gasteiger partial charge in [0.1, 0.15) is 18.5 Å². The summed E-state index contributed by atoms with van der Waals surface area (Å²) in [6.07, 6.45) is 1.69. The van der Waals surface area contributed by atoms with E-state index in [-0.39, 0.29) is 31.2 Å². The summed E-state index contributed by atoms with van der Waals surface area (Å²) in [6, 6.07) is 12.1. The summed E-state index contributed by atoms with van der Waals surface area (Å²) in [6.45, 7) is 14.2. The molecule has 4 heterocycles. The van der Waals surface area contributed by atoms with Crippen LogP contribution >= 0.6 is 11.6 Å². The highest BCUT2D eigenvalue weighted by Gasteiger charge is 2.37. The molecule has 0 N–H and O–H groups in total. The zero-order valence-electron chi connectivity index (χ0n) is 25.6. The Morgan fingerprint density at radius 3 is 2.67 bits per heavy atom. The molecule has 2 aromatic carbocycles. The van der Waals surface area contributed by atoms with Gasteiger partial charge in [-0.3, -0.25) is 9.69 Å². The number of likely N-dealkylation sites (tertiary alicyclic amines) is 1. The highest BCUT2D eigenvalue weighted by molar-refractivity contribution is 6.36. The third-order valence-electron chi connectivity index (χ3n) is 9.16. The molecule has 0 aliphatic carbocycles. The van der Waals surface area contributed by atoms with Gasteiger partial charge in [-0.15, -0.1) is 0 Å². The number of likely N-dealkylation sites (N-methyl/N-ethyl adjacent to an activating group) is 1. The van der Waals surface area contributed by atoms with Crippen molar-refractivity contribution in [2.45, 2.75) is 37.6 Å². The van der Waals surface area contributed by atoms with Gasteiger partial charge >= 0.3 is 6.01 Å². The summed E-state index contributed by atoms with van der Waals surface area (Å²) >= 11 is 6.69. The van der Waals surface area contributed by atoms with Crippen LogP contribution in [0.1, 0.15) is 17.7 Å². The van der Waals surface area contributed by atoms with E-state index in [4.69, 9.17) is 37.6 Å². The minimum absolute atomic E-state index is 0.0520. The van der Waals surface area contributed by atoms with Crippen molar-refractivity contribution in [3.8, 4) is 6.01 Å². The molecule has 3 aromatic rings. The molecule has 2 fully saturated rings. The minimum Gasteiger partial charge on any atom is -0.462 e. The van der Waals surface area contributed by atoms with Crippen LogP contribution in [0, 0.1) is 6.57 Å². The molecule has 1 aromatic heterocycles. The van der Waals surface area contributed by atoms with Gasteiger partial charge in [0.25, 0.3) is 5.91 Å². The zero-order valence-corrected chi connectivity index (χ0v) is 26.3. The van der Waals surface area contributed by atoms with Gasteiger partial charge in [-0.2, -0.15) is 9.97 Å². The first kappa shape index (κ1) is 31.0. The smallest absolute Gasteiger partial charge is 0.318 e. The quantitative estimate of drug-likeness (QED) is 0.268. The molecule has 45 heavy (non-hydrogen) atoms. The Morgan fingerprint density at radius 1 is 1.13 bits per heavy atom. The van der Waals surface area contributed by atoms with Gasteiger partial charge < -0.3 is 29.0 Å². The highest BCUT2D eigenvalue weighted by atomic mass is 35.5. The molecule has 0 radical (unpaired) electrons. The number of benzene rings is 2. The number of halogens is 2. The highest BCUT2D eigenvalue weighted by Crippen LogP contribution is 2.37. The number of amides is 1. The maximum absolute atomic E-state index is 13.8. The Kier molecular flexibility index (Phi) is 9.08. The van der Waals surface area contributed by atoms with Crippen LogP contribution in [0.5, 0.6) is 6.01 Å². The molecule has 0 saturated carbocycles. The molecule has 3 aliphatic heterocycles. The third kappa shape index (κ3) is 6.27. The van der Waals surface area contributed by atoms with Crippen molar-refractivity contribution in [2.75, 3.05) is 69.8 Å². The fraction of sp³-hybridized carbons (Fsp3) is 0.455. The summed E-state index contributed by atoms with van der Waals surface area (Å²) < 4.78 is 25.7. The molecule has 3 atom stereocenters. The van der Waals surface area contributed by atoms with Crippen LogP contribution in [-0.4, -0.2) is 104 Å². The molecule has 6 rings (SSSR count). The summed E-state index contributed by atoms with van der Waals surface area (Å²) in [4.78, 5) is 34.0. The number of carbonyl (C=O) groups excluding carboxylic acids is 1. The number of hydrogen-bond acceptors (Lipinski definition) is 8. The number of ether oxygens (including phenoxy) is 2. The number of rotatable bonds is 8. The number of anilines is 2. The van der Waals surface area contributed by atoms with Crippen molar-refractivity contribution in [3.05, 3.63) is 76.5 Å². The van der Waals surface area contributed by atoms with Crippen molar-refractivity contribution in [3.63, 3.8) is 0 Å². The topological polar surface area (TPSA) is 78.6 Å². The molecule has 12 heteroatoms. The molecule has 10 nitrogen and oxygen atoms in total. The number of piperazine rings is 1. The van der Waals surface area contributed by atoms with E-state index in [1.807, 2.05) is 18.2 Å². The Labute approximate surface area is 267 Å². The standard InChI is InChI=1S/C33H37ClFN7O3/c1-21(35)32(43)42-14-13-41(17-24(42)16-36-2)31-26-11-12-40(29-10-6-8-22-7-5-9-27(34)30(22)29)19-28(26)37-33(38-31)45-20-23-15-25(44-4)18-39(23)3/h5-10,23-25H,1,11-20H2,3-4H3/t23-,24-,25+/m0/s1. The molecule has 236 valence electrons. The van der Waals surface area contributed by atoms with Gasteiger partial charge in [0, 0.05) is 62.5 Å². The second-order valence-corrected chi connectivity index (χ2v) is 12.3. The molecule has 3 aliphatic rings. The molecule has 0 unspecified atom stereocenters. The van der Waals surface area contributed by atoms with E-state index >= 15 is 0 Å². The molecular weight excluding hydrogens is 597 g/mol. The second-order valence-electron chi connectivity index (χ2n) is 11.9. The van der Waals surface area contributed by atoms with Gasteiger partial charge in [-0.05, 0) is 37.4 Å². The predicted octanol–water partition coefficient (Wildman–Crippen LogP) is 4.36. The molecule has 1 amide bonds. The van der Waals surface area contributed by atoms with Crippen molar-refractivity contribution >= 4 is 39.8 Å². The van der Waals surface area contributed by atoms with Crippen LogP contribution in [0.3, 0.4) is 0 Å². The van der Waals surface area contributed by atoms with E-state index in [1.54, 1.807) is 7.11 Å². The molecule has 0 bridgehead atoms. The van der Waals surface area contributed by atoms with Gasteiger partial charge in [0.05, 0.1) is 23.4 Å². The van der Waals surface area contributed by atoms with Gasteiger partial charge in [-0.1, -0.05) is 42.4 Å². The van der Waals surface area contributed by atoms with Crippen molar-refractivity contribution in [2.24, 2.45) is 0 Å². The molecule has 0 spiro atoms. The first-order valence-corrected chi connectivity index (χ1v) is 15.6. The Morgan fingerprint density at radius 2 is 1.93 bits per heavy atom. The Hall–Kier alpha value is -3.98. The molecule has 2 saturated heterocycles. The zero-order chi connectivity index (χ0) is 31.7. The lowest BCUT2D eigenvalue weighted by atomic mass is 10.0. The number of hydrogen-bond donors (Lipinski definition) is 0. The van der Waals surface area contributed by atoms with E-state index in [0.29, 0.717) is 37.7 Å². The molecular formula is C33H37ClFN7O3. The van der Waals surface area contributed by atoms with Crippen LogP contribution in [0.25, 0.3) is 15.6 Å². The Balaban J connectivity index is 1.33. The van der Waals surface area contributed by atoms with E-state index < -0.39 is 17.8 Å². The van der Waals surface area contributed by atoms with Crippen LogP contribution in [0.15, 0.2) is 48.8 Å². The van der Waals surface area contributed by atoms with Crippen LogP contribution in [0.4, 0.5) is 15.9 Å². The largest absolute Gasteiger partial charge is 0.462 e. The summed E-state index contributed by atoms with van der Waals surface area (Å²) in [5.74, 6) is -1.05. The van der Waals surface area contributed by atoms with Crippen LogP contribution in [0.2, 0.25) is 5.02 Å². The average Bonchev–Trinajstić information content (AvgIpc) is 3.42. The van der Waals surface area contributed by atoms with Crippen molar-refractivity contribution in [1.82, 2.24) is 19.8 Å². The number of carbonyl (C=O) groups is 1. The first-order chi connectivity index (χ1) is 21.8. The fourth-order valence-electron chi connectivity index (χ4n) is 6.76. The lowest BCUT2D eigenvalue weighted by molar-refractivity contribution is -0.131. The van der Waals surface area contributed by atoms with Gasteiger partial charge in [0.2, 0.25) is 6.54 Å². The minimum atomic E-state index is -1.02. The van der Waals surface area contributed by atoms with E-state index in [9.17, 15) is 9.18 Å². The number of methoxy groups -OCH3 is 1. The van der Waals surface area contributed by atoms with Gasteiger partial charge in [-0.25, -0.2) is 11.0 Å². The van der Waals surface area contributed by atoms with E-state index in [2.05, 4.69) is 51.4 Å². The van der Waals surface area contributed by atoms with E-state index in [1.165, 1.54) is 4.90 Å². The monoisotopic (exact) mass is 633 g/mol. The first-order valence-electron chi connectivity index (χ1n) is 15.2. The predicted molar refractivity (Wildman–Crippen MR) is 173 cm³/mol.